The lowest BCUT2D eigenvalue weighted by atomic mass is 10.0. The molecule has 0 aromatic carbocycles. The number of hydrogen-bond donors (Lipinski definition) is 0. The van der Waals surface area contributed by atoms with Gasteiger partial charge in [-0.25, -0.2) is 9.78 Å². The maximum atomic E-state index is 12.3. The third-order valence-corrected chi connectivity index (χ3v) is 3.33. The lowest BCUT2D eigenvalue weighted by molar-refractivity contribution is 0.0520. The second-order valence-corrected chi connectivity index (χ2v) is 4.78. The first-order valence-electron chi connectivity index (χ1n) is 7.28. The van der Waals surface area contributed by atoms with Gasteiger partial charge in [-0.3, -0.25) is 9.97 Å². The Morgan fingerprint density at radius 3 is 2.13 bits per heavy atom. The summed E-state index contributed by atoms with van der Waals surface area (Å²) in [4.78, 5) is 24.8. The monoisotopic (exact) mass is 305 g/mol. The van der Waals surface area contributed by atoms with Crippen LogP contribution in [0.4, 0.5) is 0 Å². The van der Waals surface area contributed by atoms with E-state index in [9.17, 15) is 4.79 Å². The van der Waals surface area contributed by atoms with Crippen LogP contribution in [0.25, 0.3) is 22.4 Å². The van der Waals surface area contributed by atoms with E-state index in [0.29, 0.717) is 18.0 Å². The van der Waals surface area contributed by atoms with E-state index in [0.717, 1.165) is 16.7 Å². The van der Waals surface area contributed by atoms with Crippen LogP contribution in [-0.4, -0.2) is 27.5 Å². The maximum absolute atomic E-state index is 12.3. The third-order valence-electron chi connectivity index (χ3n) is 3.33. The molecule has 0 amide bonds. The van der Waals surface area contributed by atoms with Crippen LogP contribution < -0.4 is 0 Å². The molecular formula is C18H15N3O2. The minimum absolute atomic E-state index is 0.298. The average molecular weight is 305 g/mol. The molecule has 5 nitrogen and oxygen atoms in total. The summed E-state index contributed by atoms with van der Waals surface area (Å²) in [5.74, 6) is -0.435. The molecule has 0 unspecified atom stereocenters. The lowest BCUT2D eigenvalue weighted by Gasteiger charge is -2.10. The fourth-order valence-electron chi connectivity index (χ4n) is 2.26. The lowest BCUT2D eigenvalue weighted by Crippen LogP contribution is -2.09. The first kappa shape index (κ1) is 14.8. The molecule has 0 bridgehead atoms. The number of nitrogens with zero attached hydrogens (tertiary/aromatic N) is 3. The summed E-state index contributed by atoms with van der Waals surface area (Å²) >= 11 is 0. The topological polar surface area (TPSA) is 65.0 Å². The largest absolute Gasteiger partial charge is 0.461 e. The summed E-state index contributed by atoms with van der Waals surface area (Å²) < 4.78 is 5.15. The summed E-state index contributed by atoms with van der Waals surface area (Å²) in [6.45, 7) is 2.08. The van der Waals surface area contributed by atoms with E-state index in [-0.39, 0.29) is 0 Å². The zero-order valence-corrected chi connectivity index (χ0v) is 12.6. The number of esters is 1. The van der Waals surface area contributed by atoms with Gasteiger partial charge >= 0.3 is 5.97 Å². The number of carbonyl (C=O) groups excluding carboxylic acids is 1. The second kappa shape index (κ2) is 6.79. The first-order chi connectivity index (χ1) is 11.3. The Labute approximate surface area is 134 Å². The molecule has 0 aliphatic heterocycles. The molecule has 0 saturated carbocycles. The summed E-state index contributed by atoms with van der Waals surface area (Å²) in [5.41, 5.74) is 3.49. The van der Waals surface area contributed by atoms with Gasteiger partial charge in [-0.2, -0.15) is 0 Å². The van der Waals surface area contributed by atoms with Crippen molar-refractivity contribution in [3.63, 3.8) is 0 Å². The van der Waals surface area contributed by atoms with Crippen LogP contribution in [0.15, 0.2) is 61.2 Å². The molecule has 5 heteroatoms. The van der Waals surface area contributed by atoms with E-state index in [2.05, 4.69) is 15.0 Å². The van der Waals surface area contributed by atoms with Crippen molar-refractivity contribution in [2.75, 3.05) is 6.61 Å². The minimum atomic E-state index is -0.435. The van der Waals surface area contributed by atoms with Gasteiger partial charge in [-0.05, 0) is 48.9 Å². The van der Waals surface area contributed by atoms with Gasteiger partial charge in [0.1, 0.15) is 0 Å². The van der Waals surface area contributed by atoms with Crippen molar-refractivity contribution in [2.24, 2.45) is 0 Å². The van der Waals surface area contributed by atoms with Crippen molar-refractivity contribution in [3.8, 4) is 22.4 Å². The van der Waals surface area contributed by atoms with Crippen LogP contribution >= 0.6 is 0 Å². The Kier molecular flexibility index (Phi) is 4.38. The normalized spacial score (nSPS) is 10.3. The van der Waals surface area contributed by atoms with Crippen LogP contribution in [0, 0.1) is 0 Å². The summed E-state index contributed by atoms with van der Waals surface area (Å²) in [5, 5.41) is 0. The molecule has 0 spiro atoms. The number of aromatic nitrogens is 3. The van der Waals surface area contributed by atoms with Crippen molar-refractivity contribution < 1.29 is 9.53 Å². The van der Waals surface area contributed by atoms with Gasteiger partial charge in [0.2, 0.25) is 0 Å². The van der Waals surface area contributed by atoms with Gasteiger partial charge in [-0.15, -0.1) is 0 Å². The summed E-state index contributed by atoms with van der Waals surface area (Å²) in [7, 11) is 0. The number of hydrogen-bond acceptors (Lipinski definition) is 5. The molecule has 3 rings (SSSR count). The van der Waals surface area contributed by atoms with Crippen LogP contribution in [0.2, 0.25) is 0 Å². The molecule has 0 aliphatic rings. The van der Waals surface area contributed by atoms with E-state index in [1.165, 1.54) is 0 Å². The van der Waals surface area contributed by atoms with Crippen LogP contribution in [0.3, 0.4) is 0 Å². The molecule has 0 saturated heterocycles. The summed E-state index contributed by atoms with van der Waals surface area (Å²) in [6.07, 6.45) is 6.75. The third kappa shape index (κ3) is 3.23. The Morgan fingerprint density at radius 2 is 1.52 bits per heavy atom. The quantitative estimate of drug-likeness (QED) is 0.691. The highest BCUT2D eigenvalue weighted by atomic mass is 16.5. The van der Waals surface area contributed by atoms with Crippen molar-refractivity contribution in [2.45, 2.75) is 6.92 Å². The number of pyridine rings is 3. The average Bonchev–Trinajstić information content (AvgIpc) is 2.63. The highest BCUT2D eigenvalue weighted by molar-refractivity contribution is 5.96. The van der Waals surface area contributed by atoms with Gasteiger partial charge in [0.05, 0.1) is 12.3 Å². The fourth-order valence-corrected chi connectivity index (χ4v) is 2.26. The van der Waals surface area contributed by atoms with E-state index < -0.39 is 5.97 Å². The maximum Gasteiger partial charge on any atom is 0.357 e. The highest BCUT2D eigenvalue weighted by Crippen LogP contribution is 2.26. The van der Waals surface area contributed by atoms with Gasteiger partial charge in [-0.1, -0.05) is 0 Å². The number of rotatable bonds is 4. The second-order valence-electron chi connectivity index (χ2n) is 4.78. The molecule has 0 N–H and O–H groups in total. The van der Waals surface area contributed by atoms with Crippen LogP contribution in [-0.2, 0) is 4.74 Å². The van der Waals surface area contributed by atoms with Gasteiger partial charge in [0, 0.05) is 35.9 Å². The standard InChI is InChI=1S/C18H15N3O2/c1-2-23-18(22)17-15(13-5-9-19-10-6-13)3-4-16(21-17)14-7-11-20-12-8-14/h3-12H,2H2,1H3. The van der Waals surface area contributed by atoms with Crippen molar-refractivity contribution in [1.82, 2.24) is 15.0 Å². The van der Waals surface area contributed by atoms with E-state index in [4.69, 9.17) is 4.74 Å². The Hall–Kier alpha value is -3.08. The minimum Gasteiger partial charge on any atom is -0.461 e. The molecule has 114 valence electrons. The molecule has 23 heavy (non-hydrogen) atoms. The zero-order valence-electron chi connectivity index (χ0n) is 12.6. The predicted octanol–water partition coefficient (Wildman–Crippen LogP) is 3.38. The molecule has 0 radical (unpaired) electrons. The molecule has 0 atom stereocenters. The fraction of sp³-hybridized carbons (Fsp3) is 0.111. The molecule has 0 aliphatic carbocycles. The van der Waals surface area contributed by atoms with Crippen LogP contribution in [0.1, 0.15) is 17.4 Å². The van der Waals surface area contributed by atoms with Crippen molar-refractivity contribution in [3.05, 3.63) is 66.9 Å². The first-order valence-corrected chi connectivity index (χ1v) is 7.28. The van der Waals surface area contributed by atoms with Gasteiger partial charge in [0.25, 0.3) is 0 Å². The number of ether oxygens (including phenoxy) is 1. The Morgan fingerprint density at radius 1 is 0.913 bits per heavy atom. The van der Waals surface area contributed by atoms with Crippen molar-refractivity contribution in [1.29, 1.82) is 0 Å². The number of carbonyl (C=O) groups is 1. The van der Waals surface area contributed by atoms with Crippen molar-refractivity contribution >= 4 is 5.97 Å². The molecule has 3 aromatic heterocycles. The Balaban J connectivity index is 2.12. The van der Waals surface area contributed by atoms with Gasteiger partial charge < -0.3 is 4.74 Å². The Bertz CT molecular complexity index is 805. The smallest absolute Gasteiger partial charge is 0.357 e. The molecule has 3 aromatic rings. The zero-order chi connectivity index (χ0) is 16.1. The molecule has 0 fully saturated rings. The van der Waals surface area contributed by atoms with E-state index in [1.54, 1.807) is 31.7 Å². The highest BCUT2D eigenvalue weighted by Gasteiger charge is 2.17. The van der Waals surface area contributed by atoms with Gasteiger partial charge in [0.15, 0.2) is 5.69 Å². The SMILES string of the molecule is CCOC(=O)c1nc(-c2ccncc2)ccc1-c1ccncc1. The summed E-state index contributed by atoms with van der Waals surface area (Å²) in [6, 6.07) is 11.1. The van der Waals surface area contributed by atoms with E-state index >= 15 is 0 Å². The van der Waals surface area contributed by atoms with E-state index in [1.807, 2.05) is 36.4 Å². The molecule has 3 heterocycles. The molecular weight excluding hydrogens is 290 g/mol. The van der Waals surface area contributed by atoms with Crippen LogP contribution in [0.5, 0.6) is 0 Å². The predicted molar refractivity (Wildman–Crippen MR) is 86.7 cm³/mol.